The number of aliphatic hydroxyl groups excluding tert-OH is 1. The Bertz CT molecular complexity index is 1280. The van der Waals surface area contributed by atoms with Gasteiger partial charge in [0.05, 0.1) is 18.8 Å². The van der Waals surface area contributed by atoms with Gasteiger partial charge in [-0.2, -0.15) is 0 Å². The normalized spacial score (nSPS) is 21.9. The second-order valence-corrected chi connectivity index (χ2v) is 10.2. The van der Waals surface area contributed by atoms with Crippen molar-refractivity contribution < 1.29 is 23.8 Å². The average molecular weight is 532 g/mol. The number of ether oxygens (including phenoxy) is 1. The molecular formula is C31H34FN3O4. The van der Waals surface area contributed by atoms with Crippen LogP contribution in [-0.4, -0.2) is 48.3 Å². The van der Waals surface area contributed by atoms with Crippen molar-refractivity contribution in [3.8, 4) is 30.4 Å². The summed E-state index contributed by atoms with van der Waals surface area (Å²) in [7, 11) is 0. The van der Waals surface area contributed by atoms with Crippen molar-refractivity contribution >= 4 is 11.8 Å². The van der Waals surface area contributed by atoms with Crippen LogP contribution in [0.5, 0.6) is 5.75 Å². The van der Waals surface area contributed by atoms with Crippen molar-refractivity contribution in [3.63, 3.8) is 0 Å². The van der Waals surface area contributed by atoms with Crippen LogP contribution < -0.4 is 20.7 Å². The van der Waals surface area contributed by atoms with Gasteiger partial charge in [0.15, 0.2) is 11.6 Å². The van der Waals surface area contributed by atoms with E-state index in [0.29, 0.717) is 18.4 Å². The predicted molar refractivity (Wildman–Crippen MR) is 146 cm³/mol. The number of aliphatic hydroxyl groups is 1. The Labute approximate surface area is 228 Å². The van der Waals surface area contributed by atoms with E-state index in [-0.39, 0.29) is 49.6 Å². The molecule has 2 aromatic rings. The summed E-state index contributed by atoms with van der Waals surface area (Å²) in [5.74, 6) is 3.90. The van der Waals surface area contributed by atoms with Gasteiger partial charge in [0, 0.05) is 30.5 Å². The smallest absolute Gasteiger partial charge is 0.243 e. The van der Waals surface area contributed by atoms with Crippen LogP contribution in [0.4, 0.5) is 4.39 Å². The molecule has 2 amide bonds. The van der Waals surface area contributed by atoms with E-state index in [2.05, 4.69) is 27.8 Å². The third kappa shape index (κ3) is 7.38. The fourth-order valence-corrected chi connectivity index (χ4v) is 4.81. The molecule has 1 fully saturated rings. The van der Waals surface area contributed by atoms with Crippen LogP contribution in [0.1, 0.15) is 55.2 Å². The maximum atomic E-state index is 14.4. The highest BCUT2D eigenvalue weighted by molar-refractivity contribution is 5.88. The number of hydrogen-bond acceptors (Lipinski definition) is 5. The topological polar surface area (TPSA) is 99.7 Å². The van der Waals surface area contributed by atoms with Gasteiger partial charge in [-0.1, -0.05) is 24.1 Å². The molecule has 3 unspecified atom stereocenters. The second-order valence-electron chi connectivity index (χ2n) is 10.2. The number of rotatable bonds is 6. The largest absolute Gasteiger partial charge is 0.491 e. The molecule has 4 rings (SSSR count). The van der Waals surface area contributed by atoms with Crippen LogP contribution in [0.25, 0.3) is 0 Å². The lowest BCUT2D eigenvalue weighted by Gasteiger charge is -2.29. The van der Waals surface area contributed by atoms with Gasteiger partial charge in [0.1, 0.15) is 6.04 Å². The van der Waals surface area contributed by atoms with E-state index in [9.17, 15) is 19.1 Å². The molecule has 1 heterocycles. The van der Waals surface area contributed by atoms with E-state index in [0.717, 1.165) is 24.0 Å². The first-order valence-corrected chi connectivity index (χ1v) is 13.3. The number of benzene rings is 2. The van der Waals surface area contributed by atoms with E-state index in [1.165, 1.54) is 6.07 Å². The van der Waals surface area contributed by atoms with Crippen molar-refractivity contribution in [2.75, 3.05) is 13.2 Å². The van der Waals surface area contributed by atoms with Crippen molar-refractivity contribution in [2.24, 2.45) is 0 Å². The lowest BCUT2D eigenvalue weighted by molar-refractivity contribution is -0.129. The summed E-state index contributed by atoms with van der Waals surface area (Å²) < 4.78 is 20.0. The Morgan fingerprint density at radius 1 is 1.15 bits per heavy atom. The molecule has 1 saturated carbocycles. The van der Waals surface area contributed by atoms with Gasteiger partial charge in [0.2, 0.25) is 11.8 Å². The molecular weight excluding hydrogens is 497 g/mol. The van der Waals surface area contributed by atoms with Crippen LogP contribution in [0, 0.1) is 30.5 Å². The number of carbonyl (C=O) groups is 2. The van der Waals surface area contributed by atoms with E-state index < -0.39 is 29.9 Å². The quantitative estimate of drug-likeness (QED) is 0.430. The number of carbonyl (C=O) groups excluding carboxylic acids is 2. The number of nitrogens with one attached hydrogen (secondary N) is 3. The molecule has 8 heteroatoms. The van der Waals surface area contributed by atoms with Crippen LogP contribution in [0.3, 0.4) is 0 Å². The molecule has 1 aliphatic heterocycles. The molecule has 0 aromatic heterocycles. The van der Waals surface area contributed by atoms with Crippen LogP contribution in [-0.2, 0) is 21.5 Å². The minimum Gasteiger partial charge on any atom is -0.491 e. The van der Waals surface area contributed by atoms with Crippen LogP contribution >= 0.6 is 0 Å². The molecule has 0 spiro atoms. The second kappa shape index (κ2) is 12.8. The summed E-state index contributed by atoms with van der Waals surface area (Å²) in [4.78, 5) is 25.7. The summed E-state index contributed by atoms with van der Waals surface area (Å²) in [6.07, 6.45) is 13.3. The maximum absolute atomic E-state index is 14.4. The molecule has 1 aliphatic carbocycles. The summed E-state index contributed by atoms with van der Waals surface area (Å²) >= 11 is 0. The van der Waals surface area contributed by atoms with Crippen molar-refractivity contribution in [1.82, 2.24) is 16.0 Å². The van der Waals surface area contributed by atoms with Gasteiger partial charge in [-0.25, -0.2) is 4.39 Å². The summed E-state index contributed by atoms with van der Waals surface area (Å²) in [5, 5.41) is 20.3. The third-order valence-electron chi connectivity index (χ3n) is 7.25. The first-order chi connectivity index (χ1) is 18.8. The Morgan fingerprint density at radius 3 is 2.72 bits per heavy atom. The Balaban J connectivity index is 1.55. The standard InChI is InChI=1S/C31H34FN3O4/c1-3-8-25-30(38)35-26(27(36)20-33-31(14-15-31)23-10-7-9-21(4-2)17-23)18-22-12-13-24(32)28(19-22)39-16-6-5-11-29(37)34-25/h1-2,7,9-10,12-13,17,19,25-27,33,36H,5-6,8,11,14-16,18,20H2,(H,34,37)(H,35,38). The average Bonchev–Trinajstić information content (AvgIpc) is 3.73. The van der Waals surface area contributed by atoms with Gasteiger partial charge in [-0.3, -0.25) is 9.59 Å². The number of amides is 2. The van der Waals surface area contributed by atoms with Gasteiger partial charge in [0.25, 0.3) is 0 Å². The first kappa shape index (κ1) is 28.2. The molecule has 2 bridgehead atoms. The number of terminal acetylenes is 2. The van der Waals surface area contributed by atoms with Gasteiger partial charge < -0.3 is 25.8 Å². The predicted octanol–water partition coefficient (Wildman–Crippen LogP) is 2.54. The zero-order chi connectivity index (χ0) is 27.8. The van der Waals surface area contributed by atoms with E-state index in [1.807, 2.05) is 24.3 Å². The molecule has 2 aromatic carbocycles. The van der Waals surface area contributed by atoms with Crippen LogP contribution in [0.2, 0.25) is 0 Å². The summed E-state index contributed by atoms with van der Waals surface area (Å²) in [5.41, 5.74) is 2.22. The number of halogens is 1. The highest BCUT2D eigenvalue weighted by Crippen LogP contribution is 2.45. The lowest BCUT2D eigenvalue weighted by atomic mass is 9.98. The molecule has 204 valence electrons. The number of fused-ring (bicyclic) bond motifs is 2. The van der Waals surface area contributed by atoms with E-state index >= 15 is 0 Å². The fourth-order valence-electron chi connectivity index (χ4n) is 4.81. The fraction of sp³-hybridized carbons (Fsp3) is 0.419. The third-order valence-corrected chi connectivity index (χ3v) is 7.25. The minimum absolute atomic E-state index is 0.0110. The van der Waals surface area contributed by atoms with Gasteiger partial charge in [-0.05, 0) is 67.5 Å². The number of hydrogen-bond donors (Lipinski definition) is 4. The Kier molecular flexibility index (Phi) is 9.24. The summed E-state index contributed by atoms with van der Waals surface area (Å²) in [6.45, 7) is 0.430. The van der Waals surface area contributed by atoms with E-state index in [4.69, 9.17) is 17.6 Å². The Morgan fingerprint density at radius 2 is 1.97 bits per heavy atom. The van der Waals surface area contributed by atoms with Crippen molar-refractivity contribution in [2.45, 2.75) is 68.7 Å². The summed E-state index contributed by atoms with van der Waals surface area (Å²) in [6, 6.07) is 10.6. The van der Waals surface area contributed by atoms with Crippen molar-refractivity contribution in [1.29, 1.82) is 0 Å². The van der Waals surface area contributed by atoms with Crippen molar-refractivity contribution in [3.05, 3.63) is 65.0 Å². The Hall–Kier alpha value is -3.85. The zero-order valence-electron chi connectivity index (χ0n) is 21.8. The molecule has 39 heavy (non-hydrogen) atoms. The molecule has 0 saturated heterocycles. The van der Waals surface area contributed by atoms with E-state index in [1.54, 1.807) is 12.1 Å². The van der Waals surface area contributed by atoms with Crippen LogP contribution in [0.15, 0.2) is 42.5 Å². The zero-order valence-corrected chi connectivity index (χ0v) is 21.8. The molecule has 2 aliphatic rings. The van der Waals surface area contributed by atoms with Gasteiger partial charge in [-0.15, -0.1) is 18.8 Å². The molecule has 3 atom stereocenters. The lowest BCUT2D eigenvalue weighted by Crippen LogP contribution is -2.55. The first-order valence-electron chi connectivity index (χ1n) is 13.3. The highest BCUT2D eigenvalue weighted by Gasteiger charge is 2.44. The highest BCUT2D eigenvalue weighted by atomic mass is 19.1. The molecule has 7 nitrogen and oxygen atoms in total. The van der Waals surface area contributed by atoms with Gasteiger partial charge >= 0.3 is 0 Å². The molecule has 4 N–H and O–H groups in total. The maximum Gasteiger partial charge on any atom is 0.243 e. The monoisotopic (exact) mass is 531 g/mol. The minimum atomic E-state index is -1.01. The molecule has 0 radical (unpaired) electrons. The SMILES string of the molecule is C#CCC1NC(=O)CCCCOc2cc(ccc2F)CC(C(O)CNC2(c3cccc(C#C)c3)CC2)NC1=O.